The van der Waals surface area contributed by atoms with Crippen LogP contribution in [0.5, 0.6) is 0 Å². The fraction of sp³-hybridized carbons (Fsp3) is 0.476. The molecule has 5 atom stereocenters. The first-order valence-electron chi connectivity index (χ1n) is 9.44. The molecule has 27 heavy (non-hydrogen) atoms. The number of esters is 1. The average Bonchev–Trinajstić information content (AvgIpc) is 3.07. The van der Waals surface area contributed by atoms with Gasteiger partial charge in [-0.1, -0.05) is 29.8 Å². The molecule has 0 spiro atoms. The number of allylic oxidation sites excluding steroid dienone is 1. The van der Waals surface area contributed by atoms with E-state index >= 15 is 0 Å². The van der Waals surface area contributed by atoms with Gasteiger partial charge in [-0.3, -0.25) is 9.69 Å². The van der Waals surface area contributed by atoms with Crippen LogP contribution in [0.15, 0.2) is 35.9 Å². The molecule has 2 aromatic rings. The van der Waals surface area contributed by atoms with Gasteiger partial charge in [0, 0.05) is 35.8 Å². The number of aliphatic hydroxyl groups is 2. The van der Waals surface area contributed by atoms with Crippen molar-refractivity contribution in [3.8, 4) is 0 Å². The predicted octanol–water partition coefficient (Wildman–Crippen LogP) is 1.67. The van der Waals surface area contributed by atoms with E-state index in [2.05, 4.69) is 4.98 Å². The minimum absolute atomic E-state index is 0.250. The van der Waals surface area contributed by atoms with Gasteiger partial charge in [-0.2, -0.15) is 0 Å². The molecule has 4 aliphatic rings. The number of rotatable bonds is 2. The second kappa shape index (κ2) is 5.44. The Hall–Kier alpha value is -2.15. The molecule has 6 heteroatoms. The third kappa shape index (κ3) is 1.83. The summed E-state index contributed by atoms with van der Waals surface area (Å²) in [5.41, 5.74) is 1.71. The van der Waals surface area contributed by atoms with Crippen LogP contribution in [0.2, 0.25) is 0 Å². The molecule has 0 aliphatic carbocycles. The molecule has 142 valence electrons. The fourth-order valence-electron chi connectivity index (χ4n) is 5.89. The van der Waals surface area contributed by atoms with Gasteiger partial charge in [-0.15, -0.1) is 0 Å². The Labute approximate surface area is 157 Å². The van der Waals surface area contributed by atoms with Gasteiger partial charge in [0.15, 0.2) is 5.72 Å². The summed E-state index contributed by atoms with van der Waals surface area (Å²) in [5, 5.41) is 23.3. The highest BCUT2D eigenvalue weighted by Crippen LogP contribution is 2.61. The van der Waals surface area contributed by atoms with Crippen LogP contribution in [0.3, 0.4) is 0 Å². The number of H-pyrrole nitrogens is 1. The lowest BCUT2D eigenvalue weighted by atomic mass is 9.54. The summed E-state index contributed by atoms with van der Waals surface area (Å²) in [6.45, 7) is 2.25. The molecule has 1 unspecified atom stereocenters. The number of aromatic nitrogens is 1. The highest BCUT2D eigenvalue weighted by atomic mass is 16.5. The Kier molecular flexibility index (Phi) is 3.42. The molecule has 5 heterocycles. The molecule has 1 aromatic carbocycles. The van der Waals surface area contributed by atoms with Gasteiger partial charge in [0.1, 0.15) is 5.41 Å². The van der Waals surface area contributed by atoms with Crippen molar-refractivity contribution in [2.75, 3.05) is 20.3 Å². The largest absolute Gasteiger partial charge is 0.468 e. The lowest BCUT2D eigenvalue weighted by Crippen LogP contribution is -2.75. The van der Waals surface area contributed by atoms with Gasteiger partial charge in [-0.25, -0.2) is 0 Å². The van der Waals surface area contributed by atoms with E-state index in [0.29, 0.717) is 19.4 Å². The van der Waals surface area contributed by atoms with Gasteiger partial charge < -0.3 is 19.9 Å². The van der Waals surface area contributed by atoms with Crippen molar-refractivity contribution in [2.45, 2.75) is 31.5 Å². The van der Waals surface area contributed by atoms with Crippen molar-refractivity contribution >= 4 is 16.9 Å². The van der Waals surface area contributed by atoms with Gasteiger partial charge in [0.25, 0.3) is 0 Å². The number of hydrogen-bond acceptors (Lipinski definition) is 5. The number of nitrogens with one attached hydrogen (secondary N) is 1. The molecule has 3 fully saturated rings. The zero-order valence-electron chi connectivity index (χ0n) is 15.5. The van der Waals surface area contributed by atoms with Gasteiger partial charge in [0.2, 0.25) is 0 Å². The summed E-state index contributed by atoms with van der Waals surface area (Å²) in [7, 11) is 1.37. The molecule has 3 N–H and O–H groups in total. The summed E-state index contributed by atoms with van der Waals surface area (Å²) in [6.07, 6.45) is 2.96. The number of fused-ring (bicyclic) bond motifs is 4. The predicted molar refractivity (Wildman–Crippen MR) is 99.8 cm³/mol. The van der Waals surface area contributed by atoms with Crippen LogP contribution in [0, 0.1) is 11.3 Å². The number of hydrogen-bond donors (Lipinski definition) is 3. The Bertz CT molecular complexity index is 980. The number of aliphatic hydroxyl groups excluding tert-OH is 1. The normalized spacial score (nSPS) is 38.2. The van der Waals surface area contributed by atoms with E-state index in [1.54, 1.807) is 0 Å². The maximum Gasteiger partial charge on any atom is 0.316 e. The quantitative estimate of drug-likeness (QED) is 0.555. The fourth-order valence-corrected chi connectivity index (χ4v) is 5.89. The van der Waals surface area contributed by atoms with E-state index in [1.807, 2.05) is 42.2 Å². The van der Waals surface area contributed by atoms with E-state index in [-0.39, 0.29) is 18.6 Å². The smallest absolute Gasteiger partial charge is 0.316 e. The van der Waals surface area contributed by atoms with Gasteiger partial charge in [-0.05, 0) is 25.0 Å². The van der Waals surface area contributed by atoms with Gasteiger partial charge >= 0.3 is 5.97 Å². The van der Waals surface area contributed by atoms with E-state index in [1.165, 1.54) is 7.11 Å². The van der Waals surface area contributed by atoms with Crippen molar-refractivity contribution in [1.29, 1.82) is 0 Å². The molecule has 6 nitrogen and oxygen atoms in total. The summed E-state index contributed by atoms with van der Waals surface area (Å²) < 4.78 is 5.17. The second-order valence-electron chi connectivity index (χ2n) is 8.00. The Morgan fingerprint density at radius 2 is 2.22 bits per heavy atom. The first-order chi connectivity index (χ1) is 13.0. The summed E-state index contributed by atoms with van der Waals surface area (Å²) in [6, 6.07) is 7.69. The number of ether oxygens (including phenoxy) is 1. The van der Waals surface area contributed by atoms with Crippen molar-refractivity contribution in [3.05, 3.63) is 47.2 Å². The second-order valence-corrected chi connectivity index (χ2v) is 8.00. The topological polar surface area (TPSA) is 85.8 Å². The highest BCUT2D eigenvalue weighted by molar-refractivity contribution is 5.86. The molecule has 0 radical (unpaired) electrons. The highest BCUT2D eigenvalue weighted by Gasteiger charge is 2.69. The van der Waals surface area contributed by atoms with E-state index in [0.717, 1.165) is 27.7 Å². The van der Waals surface area contributed by atoms with Crippen LogP contribution >= 0.6 is 0 Å². The molecule has 0 amide bonds. The molecular formula is C21H24N2O4. The maximum atomic E-state index is 13.0. The van der Waals surface area contributed by atoms with E-state index in [9.17, 15) is 15.0 Å². The van der Waals surface area contributed by atoms with Crippen molar-refractivity contribution < 1.29 is 19.7 Å². The third-order valence-electron chi connectivity index (χ3n) is 7.17. The minimum atomic E-state index is -1.17. The molecule has 1 aromatic heterocycles. The van der Waals surface area contributed by atoms with Crippen LogP contribution in [-0.4, -0.2) is 52.4 Å². The lowest BCUT2D eigenvalue weighted by molar-refractivity contribution is -0.252. The van der Waals surface area contributed by atoms with Crippen LogP contribution in [-0.2, 0) is 21.7 Å². The zero-order chi connectivity index (χ0) is 19.0. The Morgan fingerprint density at radius 1 is 1.44 bits per heavy atom. The van der Waals surface area contributed by atoms with Crippen LogP contribution in [0.4, 0.5) is 0 Å². The number of carbonyl (C=O) groups is 1. The Morgan fingerprint density at radius 3 is 2.93 bits per heavy atom. The van der Waals surface area contributed by atoms with Crippen LogP contribution < -0.4 is 0 Å². The molecule has 0 saturated carbocycles. The monoisotopic (exact) mass is 368 g/mol. The SMILES string of the molecule is C/C=C1\CN2[C@H]3Cc4c([nH]c5ccccc45)[C@]2(O)C[C@@H]1[C@@]3(CO)C(=O)OC. The standard InChI is InChI=1S/C21H24N2O4/c1-3-12-10-23-17-8-14-13-6-4-5-7-16(13)22-18(14)21(23,26)9-15(12)20(17,11-24)19(25)27-2/h3-7,15,17,22,24,26H,8-11H2,1-2H3/b12-3+/t15-,17-,20+,21+/m0/s1. The van der Waals surface area contributed by atoms with E-state index < -0.39 is 17.1 Å². The summed E-state index contributed by atoms with van der Waals surface area (Å²) >= 11 is 0. The molecule has 4 bridgehead atoms. The van der Waals surface area contributed by atoms with E-state index in [4.69, 9.17) is 4.74 Å². The van der Waals surface area contributed by atoms with Crippen molar-refractivity contribution in [3.63, 3.8) is 0 Å². The molecular weight excluding hydrogens is 344 g/mol. The number of benzene rings is 1. The Balaban J connectivity index is 1.78. The molecule has 6 rings (SSSR count). The number of nitrogens with zero attached hydrogens (tertiary/aromatic N) is 1. The van der Waals surface area contributed by atoms with Gasteiger partial charge in [0.05, 0.1) is 19.4 Å². The average molecular weight is 368 g/mol. The number of carbonyl (C=O) groups excluding carboxylic acids is 1. The third-order valence-corrected chi connectivity index (χ3v) is 7.17. The zero-order valence-corrected chi connectivity index (χ0v) is 15.5. The number of para-hydroxylation sites is 1. The number of methoxy groups -OCH3 is 1. The maximum absolute atomic E-state index is 13.0. The molecule has 4 aliphatic heterocycles. The lowest BCUT2D eigenvalue weighted by Gasteiger charge is -2.65. The first-order valence-corrected chi connectivity index (χ1v) is 9.44. The van der Waals surface area contributed by atoms with Crippen molar-refractivity contribution in [1.82, 2.24) is 9.88 Å². The van der Waals surface area contributed by atoms with Crippen LogP contribution in [0.1, 0.15) is 24.6 Å². The first kappa shape index (κ1) is 17.0. The summed E-state index contributed by atoms with van der Waals surface area (Å²) in [5.74, 6) is -0.645. The van der Waals surface area contributed by atoms with Crippen molar-refractivity contribution in [2.24, 2.45) is 11.3 Å². The van der Waals surface area contributed by atoms with Crippen LogP contribution in [0.25, 0.3) is 10.9 Å². The molecule has 3 saturated heterocycles. The minimum Gasteiger partial charge on any atom is -0.468 e. The number of piperidine rings is 3. The number of aromatic amines is 1. The summed E-state index contributed by atoms with van der Waals surface area (Å²) in [4.78, 5) is 18.4.